The van der Waals surface area contributed by atoms with Crippen LogP contribution in [0.5, 0.6) is 0 Å². The van der Waals surface area contributed by atoms with E-state index in [0.717, 1.165) is 30.8 Å². The van der Waals surface area contributed by atoms with Gasteiger partial charge in [0.05, 0.1) is 18.3 Å². The van der Waals surface area contributed by atoms with Crippen molar-refractivity contribution in [3.63, 3.8) is 0 Å². The summed E-state index contributed by atoms with van der Waals surface area (Å²) in [7, 11) is 0. The van der Waals surface area contributed by atoms with Crippen molar-refractivity contribution in [2.24, 2.45) is 0 Å². The van der Waals surface area contributed by atoms with E-state index in [1.807, 2.05) is 42.5 Å². The lowest BCUT2D eigenvalue weighted by Crippen LogP contribution is -2.59. The Balaban J connectivity index is 1.80. The molecule has 28 heavy (non-hydrogen) atoms. The van der Waals surface area contributed by atoms with Crippen LogP contribution in [0.2, 0.25) is 0 Å². The van der Waals surface area contributed by atoms with E-state index in [4.69, 9.17) is 0 Å². The Labute approximate surface area is 171 Å². The Hall–Kier alpha value is -2.02. The number of nitrogens with one attached hydrogen (secondary N) is 1. The summed E-state index contributed by atoms with van der Waals surface area (Å²) in [5.41, 5.74) is 2.20. The van der Waals surface area contributed by atoms with Gasteiger partial charge in [-0.25, -0.2) is 4.31 Å². The number of benzene rings is 2. The molecule has 0 saturated carbocycles. The Bertz CT molecular complexity index is 771. The molecule has 150 valence electrons. The van der Waals surface area contributed by atoms with E-state index in [9.17, 15) is 9.90 Å². The second-order valence-electron chi connectivity index (χ2n) is 6.94. The average Bonchev–Trinajstić information content (AvgIpc) is 2.73. The van der Waals surface area contributed by atoms with Crippen molar-refractivity contribution < 1.29 is 9.90 Å². The lowest BCUT2D eigenvalue weighted by Gasteiger charge is -2.44. The van der Waals surface area contributed by atoms with E-state index in [1.165, 1.54) is 4.90 Å². The van der Waals surface area contributed by atoms with Crippen LogP contribution in [-0.2, 0) is 11.2 Å². The smallest absolute Gasteiger partial charge is 0.259 e. The minimum Gasteiger partial charge on any atom is -0.394 e. The molecule has 2 aromatic carbocycles. The normalized spacial score (nSPS) is 17.8. The van der Waals surface area contributed by atoms with Crippen LogP contribution in [-0.4, -0.2) is 47.2 Å². The molecule has 0 aromatic heterocycles. The maximum atomic E-state index is 13.3. The van der Waals surface area contributed by atoms with Gasteiger partial charge in [-0.15, -0.1) is 0 Å². The van der Waals surface area contributed by atoms with Gasteiger partial charge in [0, 0.05) is 18.0 Å². The molecule has 2 aromatic rings. The lowest BCUT2D eigenvalue weighted by molar-refractivity contribution is -0.125. The Morgan fingerprint density at radius 2 is 1.86 bits per heavy atom. The van der Waals surface area contributed by atoms with Gasteiger partial charge in [-0.1, -0.05) is 56.3 Å². The number of rotatable bonds is 8. The van der Waals surface area contributed by atoms with Crippen molar-refractivity contribution in [2.75, 3.05) is 24.6 Å². The number of anilines is 1. The van der Waals surface area contributed by atoms with Crippen molar-refractivity contribution >= 4 is 23.5 Å². The number of hydrogen-bond acceptors (Lipinski definition) is 5. The molecule has 1 amide bonds. The molecule has 0 saturated heterocycles. The third-order valence-electron chi connectivity index (χ3n) is 4.86. The van der Waals surface area contributed by atoms with Crippen LogP contribution in [0.1, 0.15) is 25.8 Å². The predicted molar refractivity (Wildman–Crippen MR) is 115 cm³/mol. The van der Waals surface area contributed by atoms with E-state index in [0.29, 0.717) is 6.42 Å². The highest BCUT2D eigenvalue weighted by Crippen LogP contribution is 2.40. The molecule has 0 fully saturated rings. The Morgan fingerprint density at radius 3 is 2.54 bits per heavy atom. The molecule has 1 aliphatic rings. The molecular weight excluding hydrogens is 370 g/mol. The number of carbonyl (C=O) groups excluding carboxylic acids is 1. The van der Waals surface area contributed by atoms with Crippen LogP contribution in [0.25, 0.3) is 0 Å². The minimum atomic E-state index is -0.394. The van der Waals surface area contributed by atoms with Crippen LogP contribution in [0.3, 0.4) is 0 Å². The summed E-state index contributed by atoms with van der Waals surface area (Å²) in [6.07, 6.45) is 1.17. The molecule has 2 N–H and O–H groups in total. The van der Waals surface area contributed by atoms with Gasteiger partial charge in [0.25, 0.3) is 5.91 Å². The highest BCUT2D eigenvalue weighted by Gasteiger charge is 2.37. The van der Waals surface area contributed by atoms with Crippen molar-refractivity contribution in [3.8, 4) is 0 Å². The third kappa shape index (κ3) is 4.69. The zero-order valence-electron chi connectivity index (χ0n) is 16.5. The standard InChI is InChI=1S/C22H29N3O2S/c1-3-14-24-19-12-8-9-13-20(19)28-25(4-2)22(24)21(27)23-18(16-26)15-17-10-6-5-7-11-17/h5-13,18,22,26H,3-4,14-16H2,1-2H3,(H,23,27)/t18-,22?/m0/s1. The van der Waals surface area contributed by atoms with E-state index in [-0.39, 0.29) is 18.6 Å². The number of nitrogens with zero attached hydrogens (tertiary/aromatic N) is 2. The van der Waals surface area contributed by atoms with Crippen LogP contribution >= 0.6 is 11.9 Å². The first-order chi connectivity index (χ1) is 13.7. The lowest BCUT2D eigenvalue weighted by atomic mass is 10.1. The van der Waals surface area contributed by atoms with E-state index >= 15 is 0 Å². The molecule has 5 nitrogen and oxygen atoms in total. The van der Waals surface area contributed by atoms with E-state index in [1.54, 1.807) is 11.9 Å². The van der Waals surface area contributed by atoms with Gasteiger partial charge in [0.15, 0.2) is 6.17 Å². The zero-order valence-corrected chi connectivity index (χ0v) is 17.4. The topological polar surface area (TPSA) is 55.8 Å². The first-order valence-corrected chi connectivity index (χ1v) is 10.7. The van der Waals surface area contributed by atoms with Crippen molar-refractivity contribution in [1.29, 1.82) is 0 Å². The number of fused-ring (bicyclic) bond motifs is 1. The van der Waals surface area contributed by atoms with Gasteiger partial charge in [-0.3, -0.25) is 4.79 Å². The second-order valence-corrected chi connectivity index (χ2v) is 8.03. The van der Waals surface area contributed by atoms with E-state index < -0.39 is 6.17 Å². The molecule has 2 atom stereocenters. The number of carbonyl (C=O) groups is 1. The number of likely N-dealkylation sites (N-methyl/N-ethyl adjacent to an activating group) is 1. The van der Waals surface area contributed by atoms with Crippen molar-refractivity contribution in [1.82, 2.24) is 9.62 Å². The summed E-state index contributed by atoms with van der Waals surface area (Å²) >= 11 is 1.63. The van der Waals surface area contributed by atoms with E-state index in [2.05, 4.69) is 40.5 Å². The molecule has 6 heteroatoms. The molecule has 1 heterocycles. The average molecular weight is 400 g/mol. The molecule has 0 bridgehead atoms. The third-order valence-corrected chi connectivity index (χ3v) is 6.09. The minimum absolute atomic E-state index is 0.0627. The molecule has 0 spiro atoms. The Kier molecular flexibility index (Phi) is 7.36. The zero-order chi connectivity index (χ0) is 19.9. The Morgan fingerprint density at radius 1 is 1.14 bits per heavy atom. The van der Waals surface area contributed by atoms with Gasteiger partial charge in [0.2, 0.25) is 0 Å². The second kappa shape index (κ2) is 9.96. The highest BCUT2D eigenvalue weighted by molar-refractivity contribution is 7.97. The number of para-hydroxylation sites is 1. The number of amides is 1. The highest BCUT2D eigenvalue weighted by atomic mass is 32.2. The van der Waals surface area contributed by atoms with Gasteiger partial charge in [-0.2, -0.15) is 0 Å². The molecular formula is C22H29N3O2S. The maximum absolute atomic E-state index is 13.3. The van der Waals surface area contributed by atoms with Crippen LogP contribution in [0, 0.1) is 0 Å². The van der Waals surface area contributed by atoms with Gasteiger partial charge in [-0.05, 0) is 42.5 Å². The molecule has 3 rings (SSSR count). The van der Waals surface area contributed by atoms with Gasteiger partial charge < -0.3 is 15.3 Å². The summed E-state index contributed by atoms with van der Waals surface area (Å²) in [6.45, 7) is 5.66. The summed E-state index contributed by atoms with van der Waals surface area (Å²) in [5.74, 6) is -0.0627. The summed E-state index contributed by atoms with van der Waals surface area (Å²) < 4.78 is 2.12. The number of aliphatic hydroxyl groups is 1. The SMILES string of the molecule is CCCN1c2ccccc2SN(CC)C1C(=O)N[C@H](CO)Cc1ccccc1. The van der Waals surface area contributed by atoms with Gasteiger partial charge >= 0.3 is 0 Å². The van der Waals surface area contributed by atoms with Crippen molar-refractivity contribution in [2.45, 2.75) is 43.8 Å². The maximum Gasteiger partial charge on any atom is 0.259 e. The largest absolute Gasteiger partial charge is 0.394 e. The van der Waals surface area contributed by atoms with Gasteiger partial charge in [0.1, 0.15) is 0 Å². The first kappa shape index (κ1) is 20.7. The fourth-order valence-electron chi connectivity index (χ4n) is 3.56. The fourth-order valence-corrected chi connectivity index (χ4v) is 4.67. The van der Waals surface area contributed by atoms with Crippen molar-refractivity contribution in [3.05, 3.63) is 60.2 Å². The summed E-state index contributed by atoms with van der Waals surface area (Å²) in [6, 6.07) is 17.9. The molecule has 1 aliphatic heterocycles. The van der Waals surface area contributed by atoms with Crippen LogP contribution < -0.4 is 10.2 Å². The van der Waals surface area contributed by atoms with Crippen LogP contribution in [0.4, 0.5) is 5.69 Å². The molecule has 1 unspecified atom stereocenters. The molecule has 0 radical (unpaired) electrons. The molecule has 0 aliphatic carbocycles. The summed E-state index contributed by atoms with van der Waals surface area (Å²) in [4.78, 5) is 16.7. The first-order valence-electron chi connectivity index (χ1n) is 9.93. The fraction of sp³-hybridized carbons (Fsp3) is 0.409. The number of hydrogen-bond donors (Lipinski definition) is 2. The van der Waals surface area contributed by atoms with Crippen LogP contribution in [0.15, 0.2) is 59.5 Å². The quantitative estimate of drug-likeness (QED) is 0.667. The monoisotopic (exact) mass is 399 g/mol. The predicted octanol–water partition coefficient (Wildman–Crippen LogP) is 3.29. The number of aliphatic hydroxyl groups excluding tert-OH is 1. The summed E-state index contributed by atoms with van der Waals surface area (Å²) in [5, 5.41) is 12.9.